The summed E-state index contributed by atoms with van der Waals surface area (Å²) in [5, 5.41) is 0. The molecule has 0 bridgehead atoms. The summed E-state index contributed by atoms with van der Waals surface area (Å²) in [7, 11) is -3.36. The van der Waals surface area contributed by atoms with Gasteiger partial charge in [-0.2, -0.15) is 0 Å². The maximum atomic E-state index is 11.5. The highest BCUT2D eigenvalue weighted by Crippen LogP contribution is 2.15. The van der Waals surface area contributed by atoms with E-state index in [1.165, 1.54) is 0 Å². The van der Waals surface area contributed by atoms with Crippen molar-refractivity contribution in [3.8, 4) is 0 Å². The summed E-state index contributed by atoms with van der Waals surface area (Å²) in [5.74, 6) is -0.0315. The predicted molar refractivity (Wildman–Crippen MR) is 63.4 cm³/mol. The third kappa shape index (κ3) is 4.30. The van der Waals surface area contributed by atoms with Crippen LogP contribution in [0.2, 0.25) is 0 Å². The van der Waals surface area contributed by atoms with Crippen molar-refractivity contribution in [3.05, 3.63) is 35.9 Å². The van der Waals surface area contributed by atoms with Crippen molar-refractivity contribution >= 4 is 10.0 Å². The van der Waals surface area contributed by atoms with Crippen molar-refractivity contribution in [2.75, 3.05) is 12.4 Å². The van der Waals surface area contributed by atoms with E-state index in [0.29, 0.717) is 6.61 Å². The van der Waals surface area contributed by atoms with Crippen molar-refractivity contribution < 1.29 is 13.3 Å². The first-order valence-corrected chi connectivity index (χ1v) is 6.86. The molecule has 4 nitrogen and oxygen atoms in total. The van der Waals surface area contributed by atoms with Crippen molar-refractivity contribution in [2.24, 2.45) is 0 Å². The quantitative estimate of drug-likeness (QED) is 0.773. The predicted octanol–water partition coefficient (Wildman–Crippen LogP) is 1.66. The molecule has 1 aromatic carbocycles. The van der Waals surface area contributed by atoms with Gasteiger partial charge in [0.15, 0.2) is 0 Å². The Hall–Kier alpha value is -0.910. The molecule has 0 saturated heterocycles. The maximum Gasteiger partial charge on any atom is 0.234 e. The third-order valence-electron chi connectivity index (χ3n) is 2.17. The van der Waals surface area contributed by atoms with Crippen LogP contribution >= 0.6 is 0 Å². The Labute approximate surface area is 96.6 Å². The van der Waals surface area contributed by atoms with E-state index < -0.39 is 10.0 Å². The van der Waals surface area contributed by atoms with Crippen LogP contribution in [0, 0.1) is 0 Å². The van der Waals surface area contributed by atoms with Gasteiger partial charge in [0.25, 0.3) is 0 Å². The molecule has 0 aliphatic rings. The van der Waals surface area contributed by atoms with Crippen molar-refractivity contribution in [3.63, 3.8) is 0 Å². The van der Waals surface area contributed by atoms with Crippen LogP contribution in [0.3, 0.4) is 0 Å². The lowest BCUT2D eigenvalue weighted by atomic mass is 10.0. The van der Waals surface area contributed by atoms with Gasteiger partial charge in [0, 0.05) is 0 Å². The molecule has 0 amide bonds. The fourth-order valence-electron chi connectivity index (χ4n) is 1.39. The molecule has 1 N–H and O–H groups in total. The normalized spacial score (nSPS) is 13.6. The highest BCUT2D eigenvalue weighted by atomic mass is 32.2. The van der Waals surface area contributed by atoms with E-state index in [4.69, 9.17) is 4.84 Å². The molecule has 0 aliphatic heterocycles. The summed E-state index contributed by atoms with van der Waals surface area (Å²) in [6, 6.07) is 9.54. The number of sulfonamides is 1. The molecule has 90 valence electrons. The summed E-state index contributed by atoms with van der Waals surface area (Å²) >= 11 is 0. The summed E-state index contributed by atoms with van der Waals surface area (Å²) < 4.78 is 23.1. The van der Waals surface area contributed by atoms with Gasteiger partial charge in [-0.05, 0) is 18.4 Å². The van der Waals surface area contributed by atoms with Crippen LogP contribution in [0.15, 0.2) is 30.3 Å². The van der Waals surface area contributed by atoms with Crippen molar-refractivity contribution in [2.45, 2.75) is 19.8 Å². The second-order valence-corrected chi connectivity index (χ2v) is 5.34. The largest absolute Gasteiger partial charge is 0.287 e. The minimum absolute atomic E-state index is 0.0248. The first-order valence-electron chi connectivity index (χ1n) is 5.21. The molecule has 0 aromatic heterocycles. The highest BCUT2D eigenvalue weighted by molar-refractivity contribution is 7.89. The number of benzene rings is 1. The third-order valence-corrected chi connectivity index (χ3v) is 3.48. The fourth-order valence-corrected chi connectivity index (χ4v) is 2.61. The first-order chi connectivity index (χ1) is 7.55. The van der Waals surface area contributed by atoms with Crippen LogP contribution in [0.4, 0.5) is 0 Å². The second kappa shape index (κ2) is 5.98. The van der Waals surface area contributed by atoms with E-state index >= 15 is 0 Å². The summed E-state index contributed by atoms with van der Waals surface area (Å²) in [6.45, 7) is 3.92. The van der Waals surface area contributed by atoms with Crippen LogP contribution in [0.1, 0.15) is 25.3 Å². The molecule has 16 heavy (non-hydrogen) atoms. The monoisotopic (exact) mass is 243 g/mol. The molecule has 0 saturated carbocycles. The molecular weight excluding hydrogens is 226 g/mol. The Morgan fingerprint density at radius 1 is 1.31 bits per heavy atom. The molecule has 1 rings (SSSR count). The molecule has 1 aromatic rings. The van der Waals surface area contributed by atoms with Crippen LogP contribution < -0.4 is 4.89 Å². The van der Waals surface area contributed by atoms with Gasteiger partial charge in [-0.3, -0.25) is 4.84 Å². The maximum absolute atomic E-state index is 11.5. The van der Waals surface area contributed by atoms with E-state index in [9.17, 15) is 8.42 Å². The smallest absolute Gasteiger partial charge is 0.234 e. The summed E-state index contributed by atoms with van der Waals surface area (Å²) in [5.41, 5.74) is 1.00. The van der Waals surface area contributed by atoms with Gasteiger partial charge < -0.3 is 0 Å². The topological polar surface area (TPSA) is 55.4 Å². The van der Waals surface area contributed by atoms with Gasteiger partial charge in [0.1, 0.15) is 0 Å². The molecule has 0 heterocycles. The Morgan fingerprint density at radius 3 is 2.50 bits per heavy atom. The van der Waals surface area contributed by atoms with Crippen molar-refractivity contribution in [1.29, 1.82) is 0 Å². The minimum atomic E-state index is -3.36. The number of rotatable bonds is 6. The zero-order valence-corrected chi connectivity index (χ0v) is 10.3. The standard InChI is InChI=1S/C11H17NO3S/c1-3-15-12-16(13,14)9-10(2)11-7-5-4-6-8-11/h4-8,10,12H,3,9H2,1-2H3. The summed E-state index contributed by atoms with van der Waals surface area (Å²) in [4.78, 5) is 6.78. The Morgan fingerprint density at radius 2 is 1.94 bits per heavy atom. The highest BCUT2D eigenvalue weighted by Gasteiger charge is 2.16. The molecule has 0 aliphatic carbocycles. The van der Waals surface area contributed by atoms with E-state index in [1.54, 1.807) is 6.92 Å². The average molecular weight is 243 g/mol. The number of hydrogen-bond donors (Lipinski definition) is 1. The van der Waals surface area contributed by atoms with Crippen LogP contribution in [0.5, 0.6) is 0 Å². The summed E-state index contributed by atoms with van der Waals surface area (Å²) in [6.07, 6.45) is 0. The second-order valence-electron chi connectivity index (χ2n) is 3.61. The fraction of sp³-hybridized carbons (Fsp3) is 0.455. The molecule has 0 fully saturated rings. The molecule has 0 spiro atoms. The van der Waals surface area contributed by atoms with Gasteiger partial charge in [-0.1, -0.05) is 42.1 Å². The van der Waals surface area contributed by atoms with Gasteiger partial charge >= 0.3 is 0 Å². The van der Waals surface area contributed by atoms with E-state index in [1.807, 2.05) is 37.3 Å². The molecule has 0 radical (unpaired) electrons. The zero-order valence-electron chi connectivity index (χ0n) is 9.51. The zero-order chi connectivity index (χ0) is 12.0. The van der Waals surface area contributed by atoms with Crippen LogP contribution in [-0.4, -0.2) is 20.8 Å². The molecule has 1 atom stereocenters. The van der Waals surface area contributed by atoms with Gasteiger partial charge in [-0.15, -0.1) is 0 Å². The molecular formula is C11H17NO3S. The Bertz CT molecular complexity index is 402. The van der Waals surface area contributed by atoms with Gasteiger partial charge in [-0.25, -0.2) is 8.42 Å². The minimum Gasteiger partial charge on any atom is -0.287 e. The first kappa shape index (κ1) is 13.2. The lowest BCUT2D eigenvalue weighted by Crippen LogP contribution is -2.28. The van der Waals surface area contributed by atoms with Gasteiger partial charge in [0.2, 0.25) is 10.0 Å². The van der Waals surface area contributed by atoms with Gasteiger partial charge in [0.05, 0.1) is 12.4 Å². The molecule has 5 heteroatoms. The number of hydrogen-bond acceptors (Lipinski definition) is 3. The molecule has 1 unspecified atom stereocenters. The van der Waals surface area contributed by atoms with Crippen molar-refractivity contribution in [1.82, 2.24) is 4.89 Å². The SMILES string of the molecule is CCONS(=O)(=O)CC(C)c1ccccc1. The lowest BCUT2D eigenvalue weighted by molar-refractivity contribution is 0.105. The Balaban J connectivity index is 2.61. The van der Waals surface area contributed by atoms with Crippen LogP contribution in [-0.2, 0) is 14.9 Å². The average Bonchev–Trinajstić information content (AvgIpc) is 2.27. The van der Waals surface area contributed by atoms with E-state index in [-0.39, 0.29) is 11.7 Å². The Kier molecular flexibility index (Phi) is 4.92. The lowest BCUT2D eigenvalue weighted by Gasteiger charge is -2.12. The van der Waals surface area contributed by atoms with E-state index in [0.717, 1.165) is 5.56 Å². The van der Waals surface area contributed by atoms with E-state index in [2.05, 4.69) is 4.89 Å². The van der Waals surface area contributed by atoms with Crippen LogP contribution in [0.25, 0.3) is 0 Å². The number of nitrogens with one attached hydrogen (secondary N) is 1.